The van der Waals surface area contributed by atoms with Crippen LogP contribution in [0.1, 0.15) is 5.56 Å². The van der Waals surface area contributed by atoms with Gasteiger partial charge in [0.2, 0.25) is 0 Å². The minimum absolute atomic E-state index is 0.0156. The number of carbonyl (C=O) groups is 1. The maximum atomic E-state index is 11.4. The van der Waals surface area contributed by atoms with Crippen LogP contribution in [0.4, 0.5) is 0 Å². The summed E-state index contributed by atoms with van der Waals surface area (Å²) in [5.41, 5.74) is 0.776. The Kier molecular flexibility index (Phi) is 4.29. The number of aliphatic carboxylic acids is 1. The van der Waals surface area contributed by atoms with Gasteiger partial charge in [-0.3, -0.25) is 0 Å². The number of nitrogens with one attached hydrogen (secondary N) is 1. The van der Waals surface area contributed by atoms with Gasteiger partial charge in [-0.25, -0.2) is 8.42 Å². The summed E-state index contributed by atoms with van der Waals surface area (Å²) in [5.74, 6) is -1.02. The smallest absolute Gasteiger partial charge is 0.161 e. The average Bonchev–Trinajstić information content (AvgIpc) is 2.38. The van der Waals surface area contributed by atoms with Crippen molar-refractivity contribution in [2.75, 3.05) is 24.6 Å². The van der Waals surface area contributed by atoms with E-state index < -0.39 is 21.8 Å². The summed E-state index contributed by atoms with van der Waals surface area (Å²) in [6.45, 7) is 0.581. The molecule has 2 rings (SSSR count). The molecular weight excluding hydrogens is 282 g/mol. The number of carbonyl (C=O) groups excluding carboxylic acids is 1. The molecule has 1 heterocycles. The number of hydrogen-bond acceptors (Lipinski definition) is 5. The molecule has 1 saturated heterocycles. The van der Waals surface area contributed by atoms with Crippen LogP contribution >= 0.6 is 0 Å². The molecular formula is C13H17NO5S. The molecule has 0 aromatic heterocycles. The van der Waals surface area contributed by atoms with E-state index in [4.69, 9.17) is 0 Å². The number of phenolic OH excluding ortho intramolecular Hbond substituents is 1. The minimum atomic E-state index is -3.02. The highest BCUT2D eigenvalue weighted by Gasteiger charge is 2.31. The SMILES string of the molecule is O=C([O-])[C@H](Cc1ccc(O)cc1)[NH+]1CCS(=O)(=O)CC1. The van der Waals surface area contributed by atoms with Gasteiger partial charge in [0.25, 0.3) is 0 Å². The first-order valence-electron chi connectivity index (χ1n) is 6.41. The van der Waals surface area contributed by atoms with Gasteiger partial charge in [0.15, 0.2) is 9.84 Å². The molecule has 0 unspecified atom stereocenters. The van der Waals surface area contributed by atoms with Crippen LogP contribution in [0.5, 0.6) is 5.75 Å². The third-order valence-corrected chi connectivity index (χ3v) is 5.27. The number of quaternary nitrogens is 1. The van der Waals surface area contributed by atoms with Crippen LogP contribution in [0.2, 0.25) is 0 Å². The van der Waals surface area contributed by atoms with E-state index in [1.54, 1.807) is 12.1 Å². The number of sulfone groups is 1. The standard InChI is InChI=1S/C13H17NO5S/c15-11-3-1-10(2-4-11)9-12(13(16)17)14-5-7-20(18,19)8-6-14/h1-4,12,15H,5-9H2,(H,16,17)/t12-/m0/s1. The van der Waals surface area contributed by atoms with Crippen LogP contribution in [0.15, 0.2) is 24.3 Å². The Balaban J connectivity index is 2.08. The van der Waals surface area contributed by atoms with E-state index in [1.807, 2.05) is 0 Å². The Morgan fingerprint density at radius 2 is 1.80 bits per heavy atom. The summed E-state index contributed by atoms with van der Waals surface area (Å²) in [7, 11) is -3.02. The fourth-order valence-corrected chi connectivity index (χ4v) is 3.76. The zero-order chi connectivity index (χ0) is 14.8. The van der Waals surface area contributed by atoms with Gasteiger partial charge >= 0.3 is 0 Å². The van der Waals surface area contributed by atoms with Gasteiger partial charge in [-0.1, -0.05) is 12.1 Å². The van der Waals surface area contributed by atoms with Crippen molar-refractivity contribution in [2.24, 2.45) is 0 Å². The Labute approximate surface area is 117 Å². The largest absolute Gasteiger partial charge is 0.544 e. The molecule has 0 aliphatic carbocycles. The summed E-state index contributed by atoms with van der Waals surface area (Å²) < 4.78 is 22.8. The van der Waals surface area contributed by atoms with E-state index in [-0.39, 0.29) is 23.7 Å². The molecule has 0 radical (unpaired) electrons. The van der Waals surface area contributed by atoms with Gasteiger partial charge in [-0.2, -0.15) is 0 Å². The summed E-state index contributed by atoms with van der Waals surface area (Å²) in [6.07, 6.45) is 0.262. The fraction of sp³-hybridized carbons (Fsp3) is 0.462. The van der Waals surface area contributed by atoms with Gasteiger partial charge in [0.05, 0.1) is 30.6 Å². The lowest BCUT2D eigenvalue weighted by molar-refractivity contribution is -0.915. The number of aromatic hydroxyl groups is 1. The molecule has 1 aliphatic rings. The van der Waals surface area contributed by atoms with Crippen molar-refractivity contribution < 1.29 is 28.3 Å². The van der Waals surface area contributed by atoms with E-state index >= 15 is 0 Å². The normalized spacial score (nSPS) is 20.4. The molecule has 1 aliphatic heterocycles. The first kappa shape index (κ1) is 14.8. The van der Waals surface area contributed by atoms with Crippen LogP contribution in [0.25, 0.3) is 0 Å². The van der Waals surface area contributed by atoms with E-state index in [2.05, 4.69) is 0 Å². The molecule has 0 amide bonds. The quantitative estimate of drug-likeness (QED) is 0.633. The second-order valence-corrected chi connectivity index (χ2v) is 7.36. The third kappa shape index (κ3) is 3.71. The monoisotopic (exact) mass is 299 g/mol. The van der Waals surface area contributed by atoms with E-state index in [9.17, 15) is 23.4 Å². The highest BCUT2D eigenvalue weighted by molar-refractivity contribution is 7.91. The molecule has 20 heavy (non-hydrogen) atoms. The molecule has 1 aromatic rings. The number of phenols is 1. The van der Waals surface area contributed by atoms with Crippen molar-refractivity contribution in [3.63, 3.8) is 0 Å². The predicted molar refractivity (Wildman–Crippen MR) is 70.0 cm³/mol. The minimum Gasteiger partial charge on any atom is -0.544 e. The lowest BCUT2D eigenvalue weighted by Crippen LogP contribution is -3.19. The van der Waals surface area contributed by atoms with Gasteiger partial charge in [0, 0.05) is 6.42 Å². The molecule has 1 aromatic carbocycles. The fourth-order valence-electron chi connectivity index (χ4n) is 2.41. The zero-order valence-electron chi connectivity index (χ0n) is 10.9. The molecule has 0 saturated carbocycles. The topological polar surface area (TPSA) is 98.9 Å². The maximum absolute atomic E-state index is 11.4. The lowest BCUT2D eigenvalue weighted by atomic mass is 10.0. The Hall–Kier alpha value is -1.60. The van der Waals surface area contributed by atoms with Crippen LogP contribution in [-0.2, 0) is 21.1 Å². The lowest BCUT2D eigenvalue weighted by Gasteiger charge is -2.32. The van der Waals surface area contributed by atoms with E-state index in [0.717, 1.165) is 10.5 Å². The van der Waals surface area contributed by atoms with Crippen molar-refractivity contribution in [1.82, 2.24) is 0 Å². The number of rotatable bonds is 4. The van der Waals surface area contributed by atoms with Crippen molar-refractivity contribution in [2.45, 2.75) is 12.5 Å². The van der Waals surface area contributed by atoms with Crippen molar-refractivity contribution in [1.29, 1.82) is 0 Å². The Morgan fingerprint density at radius 1 is 1.25 bits per heavy atom. The van der Waals surface area contributed by atoms with Crippen LogP contribution in [0, 0.1) is 0 Å². The number of carboxylic acids is 1. The Morgan fingerprint density at radius 3 is 2.30 bits per heavy atom. The molecule has 0 bridgehead atoms. The second-order valence-electron chi connectivity index (χ2n) is 5.05. The zero-order valence-corrected chi connectivity index (χ0v) is 11.7. The molecule has 0 spiro atoms. The molecule has 2 N–H and O–H groups in total. The van der Waals surface area contributed by atoms with Crippen molar-refractivity contribution in [3.8, 4) is 5.75 Å². The van der Waals surface area contributed by atoms with Gasteiger partial charge in [-0.05, 0) is 17.7 Å². The molecule has 1 atom stereocenters. The average molecular weight is 299 g/mol. The van der Waals surface area contributed by atoms with Gasteiger partial charge in [-0.15, -0.1) is 0 Å². The molecule has 1 fully saturated rings. The van der Waals surface area contributed by atoms with Crippen LogP contribution in [-0.4, -0.2) is 50.1 Å². The first-order valence-corrected chi connectivity index (χ1v) is 8.23. The highest BCUT2D eigenvalue weighted by atomic mass is 32.2. The predicted octanol–water partition coefficient (Wildman–Crippen LogP) is -2.63. The third-order valence-electron chi connectivity index (χ3n) is 3.62. The summed E-state index contributed by atoms with van der Waals surface area (Å²) in [4.78, 5) is 12.0. The molecule has 7 heteroatoms. The van der Waals surface area contributed by atoms with Crippen molar-refractivity contribution >= 4 is 15.8 Å². The Bertz CT molecular complexity index is 567. The van der Waals surface area contributed by atoms with E-state index in [0.29, 0.717) is 13.1 Å². The summed E-state index contributed by atoms with van der Waals surface area (Å²) in [5, 5.41) is 20.5. The molecule has 110 valence electrons. The van der Waals surface area contributed by atoms with Crippen molar-refractivity contribution in [3.05, 3.63) is 29.8 Å². The number of carboxylic acid groups (broad SMARTS) is 1. The number of hydrogen-bond donors (Lipinski definition) is 2. The van der Waals surface area contributed by atoms with Gasteiger partial charge in [0.1, 0.15) is 11.8 Å². The number of benzene rings is 1. The van der Waals surface area contributed by atoms with E-state index in [1.165, 1.54) is 12.1 Å². The summed E-state index contributed by atoms with van der Waals surface area (Å²) in [6, 6.07) is 5.54. The summed E-state index contributed by atoms with van der Waals surface area (Å²) >= 11 is 0. The first-order chi connectivity index (χ1) is 9.37. The maximum Gasteiger partial charge on any atom is 0.161 e. The highest BCUT2D eigenvalue weighted by Crippen LogP contribution is 2.10. The second kappa shape index (κ2) is 5.80. The molecule has 6 nitrogen and oxygen atoms in total. The van der Waals surface area contributed by atoms with Crippen LogP contribution in [0.3, 0.4) is 0 Å². The van der Waals surface area contributed by atoms with Gasteiger partial charge < -0.3 is 19.9 Å². The van der Waals surface area contributed by atoms with Crippen LogP contribution < -0.4 is 10.0 Å².